The van der Waals surface area contributed by atoms with E-state index in [-0.39, 0.29) is 36.7 Å². The highest BCUT2D eigenvalue weighted by Crippen LogP contribution is 2.34. The number of benzene rings is 1. The molecular weight excluding hydrogens is 444 g/mol. The molecule has 0 spiro atoms. The Morgan fingerprint density at radius 2 is 2.06 bits per heavy atom. The van der Waals surface area contributed by atoms with E-state index in [4.69, 9.17) is 16.3 Å². The molecule has 3 fully saturated rings. The topological polar surface area (TPSA) is 93.5 Å². The number of hydrogen-bond acceptors (Lipinski definition) is 5. The van der Waals surface area contributed by atoms with Gasteiger partial charge in [-0.3, -0.25) is 14.4 Å². The lowest BCUT2D eigenvalue weighted by Gasteiger charge is -2.30. The van der Waals surface area contributed by atoms with E-state index in [0.717, 1.165) is 37.2 Å². The molecule has 3 heterocycles. The molecule has 2 aromatic rings. The van der Waals surface area contributed by atoms with E-state index >= 15 is 0 Å². The minimum absolute atomic E-state index is 0.0246. The number of nitrogens with zero attached hydrogens (tertiary/aromatic N) is 3. The van der Waals surface area contributed by atoms with Crippen molar-refractivity contribution in [2.75, 3.05) is 13.2 Å². The van der Waals surface area contributed by atoms with Crippen molar-refractivity contribution in [3.05, 3.63) is 48.0 Å². The monoisotopic (exact) mass is 470 g/mol. The normalized spacial score (nSPS) is 25.9. The summed E-state index contributed by atoms with van der Waals surface area (Å²) in [5, 5.41) is 2.57. The molecule has 33 heavy (non-hydrogen) atoms. The number of Topliss-reactive ketones (excluding diaryl/α,β-unsaturated/α-hetero) is 1. The van der Waals surface area contributed by atoms with E-state index < -0.39 is 23.6 Å². The molecular formula is C24H27ClN4O4. The number of imidazole rings is 1. The lowest BCUT2D eigenvalue weighted by molar-refractivity contribution is -0.139. The lowest BCUT2D eigenvalue weighted by atomic mass is 9.95. The molecule has 2 saturated heterocycles. The van der Waals surface area contributed by atoms with Crippen molar-refractivity contribution in [1.29, 1.82) is 0 Å². The quantitative estimate of drug-likeness (QED) is 0.676. The van der Waals surface area contributed by atoms with Gasteiger partial charge in [0.15, 0.2) is 5.78 Å². The molecule has 1 N–H and O–H groups in total. The van der Waals surface area contributed by atoms with E-state index in [0.29, 0.717) is 5.56 Å². The first-order valence-corrected chi connectivity index (χ1v) is 11.9. The van der Waals surface area contributed by atoms with Crippen molar-refractivity contribution in [3.8, 4) is 5.69 Å². The van der Waals surface area contributed by atoms with Crippen molar-refractivity contribution in [2.24, 2.45) is 5.92 Å². The number of amides is 2. The summed E-state index contributed by atoms with van der Waals surface area (Å²) in [6.45, 7) is 2.11. The second-order valence-electron chi connectivity index (χ2n) is 9.08. The van der Waals surface area contributed by atoms with Crippen molar-refractivity contribution in [2.45, 2.75) is 56.2 Å². The highest BCUT2D eigenvalue weighted by Gasteiger charge is 2.53. The molecule has 1 aromatic carbocycles. The van der Waals surface area contributed by atoms with Gasteiger partial charge in [-0.05, 0) is 43.9 Å². The van der Waals surface area contributed by atoms with Crippen LogP contribution in [0.25, 0.3) is 5.69 Å². The summed E-state index contributed by atoms with van der Waals surface area (Å²) in [6.07, 6.45) is 6.84. The van der Waals surface area contributed by atoms with E-state index in [1.54, 1.807) is 18.3 Å². The van der Waals surface area contributed by atoms with Crippen molar-refractivity contribution in [3.63, 3.8) is 0 Å². The predicted molar refractivity (Wildman–Crippen MR) is 121 cm³/mol. The van der Waals surface area contributed by atoms with E-state index in [2.05, 4.69) is 10.3 Å². The molecule has 0 radical (unpaired) electrons. The maximum Gasteiger partial charge on any atom is 0.252 e. The fourth-order valence-electron chi connectivity index (χ4n) is 5.35. The Morgan fingerprint density at radius 3 is 2.79 bits per heavy atom. The summed E-state index contributed by atoms with van der Waals surface area (Å²) in [6, 6.07) is 5.88. The Bertz CT molecular complexity index is 1080. The molecule has 8 nitrogen and oxygen atoms in total. The van der Waals surface area contributed by atoms with E-state index in [1.165, 1.54) is 4.90 Å². The number of fused-ring (bicyclic) bond motifs is 1. The highest BCUT2D eigenvalue weighted by molar-refractivity contribution is 6.22. The number of ether oxygens (including phenoxy) is 1. The summed E-state index contributed by atoms with van der Waals surface area (Å²) in [4.78, 5) is 45.1. The number of hydrogen-bond donors (Lipinski definition) is 1. The molecule has 2 amide bonds. The lowest BCUT2D eigenvalue weighted by Crippen LogP contribution is -2.54. The molecule has 5 rings (SSSR count). The average molecular weight is 471 g/mol. The molecule has 9 heteroatoms. The zero-order valence-corrected chi connectivity index (χ0v) is 19.2. The van der Waals surface area contributed by atoms with Crippen LogP contribution in [0.4, 0.5) is 0 Å². The first-order chi connectivity index (χ1) is 15.9. The average Bonchev–Trinajstić information content (AvgIpc) is 3.60. The summed E-state index contributed by atoms with van der Waals surface area (Å²) < 4.78 is 7.42. The molecule has 0 unspecified atom stereocenters. The van der Waals surface area contributed by atoms with Gasteiger partial charge < -0.3 is 19.5 Å². The van der Waals surface area contributed by atoms with Crippen LogP contribution in [0.15, 0.2) is 36.7 Å². The third-order valence-electron chi connectivity index (χ3n) is 7.04. The van der Waals surface area contributed by atoms with E-state index in [1.807, 2.05) is 29.8 Å². The third kappa shape index (κ3) is 4.06. The van der Waals surface area contributed by atoms with Crippen molar-refractivity contribution < 1.29 is 19.1 Å². The van der Waals surface area contributed by atoms with E-state index in [9.17, 15) is 14.4 Å². The maximum atomic E-state index is 13.7. The van der Waals surface area contributed by atoms with Crippen LogP contribution in [-0.4, -0.2) is 68.8 Å². The van der Waals surface area contributed by atoms with Gasteiger partial charge in [0.25, 0.3) is 5.91 Å². The van der Waals surface area contributed by atoms with Crippen LogP contribution < -0.4 is 5.32 Å². The van der Waals surface area contributed by atoms with Crippen LogP contribution in [0.3, 0.4) is 0 Å². The van der Waals surface area contributed by atoms with Gasteiger partial charge in [-0.2, -0.15) is 0 Å². The molecule has 174 valence electrons. The minimum Gasteiger partial charge on any atom is -0.366 e. The zero-order valence-electron chi connectivity index (χ0n) is 18.4. The van der Waals surface area contributed by atoms with Crippen LogP contribution in [0.2, 0.25) is 0 Å². The number of carbonyl (C=O) groups excluding carboxylic acids is 3. The van der Waals surface area contributed by atoms with Crippen LogP contribution in [0.5, 0.6) is 0 Å². The first kappa shape index (κ1) is 22.1. The Labute approximate surface area is 197 Å². The summed E-state index contributed by atoms with van der Waals surface area (Å²) in [5.74, 6) is 0.164. The fraction of sp³-hybridized carbons (Fsp3) is 0.500. The Hall–Kier alpha value is -2.71. The second kappa shape index (κ2) is 8.91. The number of likely N-dealkylation sites (tertiary alicyclic amines) is 1. The molecule has 0 bridgehead atoms. The number of nitrogens with one attached hydrogen (secondary N) is 1. The second-order valence-corrected chi connectivity index (χ2v) is 9.64. The summed E-state index contributed by atoms with van der Waals surface area (Å²) >= 11 is 6.40. The summed E-state index contributed by atoms with van der Waals surface area (Å²) in [7, 11) is 0. The standard InChI is InChI=1S/C24H27ClN4O4/c1-14-26-9-10-28(14)17-8-4-7-16(11-17)23(31)27-20(15-5-2-3-6-15)24(32)29-12-18(25)22-21(29)19(30)13-33-22/h4,7-11,15,18,20-22H,2-3,5-6,12-13H2,1H3,(H,27,31)/t18-,20-,21+,22+/m0/s1. The first-order valence-electron chi connectivity index (χ1n) is 11.4. The largest absolute Gasteiger partial charge is 0.366 e. The van der Waals surface area contributed by atoms with Gasteiger partial charge in [0.2, 0.25) is 5.91 Å². The van der Waals surface area contributed by atoms with Gasteiger partial charge in [0, 0.05) is 30.2 Å². The number of rotatable bonds is 5. The predicted octanol–water partition coefficient (Wildman–Crippen LogP) is 2.26. The SMILES string of the molecule is Cc1nccn1-c1cccc(C(=O)N[C@H](C(=O)N2C[C@H](Cl)[C@H]3OCC(=O)[C@H]32)C2CCCC2)c1. The Balaban J connectivity index is 1.39. The number of ketones is 1. The number of alkyl halides is 1. The van der Waals surface area contributed by atoms with Crippen LogP contribution in [0, 0.1) is 12.8 Å². The fourth-order valence-corrected chi connectivity index (χ4v) is 5.71. The Kier molecular flexibility index (Phi) is 5.97. The van der Waals surface area contributed by atoms with Crippen LogP contribution in [0.1, 0.15) is 41.9 Å². The highest BCUT2D eigenvalue weighted by atomic mass is 35.5. The van der Waals surface area contributed by atoms with Gasteiger partial charge in [-0.25, -0.2) is 4.98 Å². The van der Waals surface area contributed by atoms with Crippen molar-refractivity contribution in [1.82, 2.24) is 19.8 Å². The number of halogens is 1. The van der Waals surface area contributed by atoms with Crippen LogP contribution >= 0.6 is 11.6 Å². The molecule has 4 atom stereocenters. The molecule has 2 aliphatic heterocycles. The zero-order chi connectivity index (χ0) is 23.1. The molecule has 3 aliphatic rings. The van der Waals surface area contributed by atoms with Gasteiger partial charge in [0.05, 0.1) is 5.38 Å². The van der Waals surface area contributed by atoms with Gasteiger partial charge >= 0.3 is 0 Å². The number of carbonyl (C=O) groups is 3. The Morgan fingerprint density at radius 1 is 1.27 bits per heavy atom. The smallest absolute Gasteiger partial charge is 0.252 e. The van der Waals surface area contributed by atoms with Gasteiger partial charge in [0.1, 0.15) is 30.6 Å². The number of aromatic nitrogens is 2. The summed E-state index contributed by atoms with van der Waals surface area (Å²) in [5.41, 5.74) is 1.29. The van der Waals surface area contributed by atoms with Crippen molar-refractivity contribution >= 4 is 29.2 Å². The minimum atomic E-state index is -0.699. The van der Waals surface area contributed by atoms with Gasteiger partial charge in [-0.1, -0.05) is 18.9 Å². The number of aryl methyl sites for hydroxylation is 1. The van der Waals surface area contributed by atoms with Crippen LogP contribution in [-0.2, 0) is 14.3 Å². The molecule has 1 saturated carbocycles. The molecule has 1 aromatic heterocycles. The third-order valence-corrected chi connectivity index (χ3v) is 7.43. The van der Waals surface area contributed by atoms with Gasteiger partial charge in [-0.15, -0.1) is 11.6 Å². The maximum absolute atomic E-state index is 13.7. The molecule has 1 aliphatic carbocycles.